The number of fused-ring (bicyclic) bond motifs is 1. The second-order valence-electron chi connectivity index (χ2n) is 8.03. The second kappa shape index (κ2) is 10.3. The molecule has 3 rings (SSSR count). The summed E-state index contributed by atoms with van der Waals surface area (Å²) in [6.45, 7) is 1.18. The quantitative estimate of drug-likeness (QED) is 0.321. The third kappa shape index (κ3) is 5.40. The van der Waals surface area contributed by atoms with Gasteiger partial charge in [0.2, 0.25) is 11.8 Å². The van der Waals surface area contributed by atoms with Crippen LogP contribution >= 0.6 is 24.0 Å². The molecule has 2 amide bonds. The Morgan fingerprint density at radius 2 is 1.93 bits per heavy atom. The van der Waals surface area contributed by atoms with Gasteiger partial charge in [0, 0.05) is 52.3 Å². The van der Waals surface area contributed by atoms with Crippen molar-refractivity contribution in [3.63, 3.8) is 0 Å². The van der Waals surface area contributed by atoms with E-state index in [9.17, 15) is 9.59 Å². The van der Waals surface area contributed by atoms with Gasteiger partial charge in [-0.15, -0.1) is 24.0 Å². The van der Waals surface area contributed by atoms with Crippen molar-refractivity contribution < 1.29 is 9.59 Å². The van der Waals surface area contributed by atoms with Crippen molar-refractivity contribution in [1.29, 1.82) is 0 Å². The molecule has 2 aliphatic rings. The molecule has 0 bridgehead atoms. The molecule has 1 aromatic rings. The summed E-state index contributed by atoms with van der Waals surface area (Å²) in [5.74, 6) is 0.981. The first-order chi connectivity index (χ1) is 13.4. The third-order valence-corrected chi connectivity index (χ3v) is 5.86. The van der Waals surface area contributed by atoms with Crippen molar-refractivity contribution in [3.05, 3.63) is 29.8 Å². The van der Waals surface area contributed by atoms with Gasteiger partial charge in [0.1, 0.15) is 0 Å². The summed E-state index contributed by atoms with van der Waals surface area (Å²) in [5, 5.41) is 9.62. The smallest absolute Gasteiger partial charge is 0.230 e. The average Bonchev–Trinajstić information content (AvgIpc) is 3.17. The Labute approximate surface area is 190 Å². The Kier molecular flexibility index (Phi) is 8.30. The molecule has 0 radical (unpaired) electrons. The Morgan fingerprint density at radius 3 is 2.59 bits per heavy atom. The fourth-order valence-electron chi connectivity index (χ4n) is 4.37. The number of para-hydroxylation sites is 1. The molecule has 0 aromatic heterocycles. The van der Waals surface area contributed by atoms with Crippen LogP contribution in [0.2, 0.25) is 0 Å². The van der Waals surface area contributed by atoms with E-state index in [1.165, 1.54) is 0 Å². The standard InChI is InChI=1S/C21H31N5O2.HI/c1-22-20(24-14-21(10-6-7-11-21)19(28)26(2)3)23-13-15-12-18(27)25-17-9-5-4-8-16(15)17;/h4-5,8-9,15H,6-7,10-14H2,1-3H3,(H,25,27)(H2,22,23,24);1H. The number of aliphatic imine (C=N–C) groups is 1. The summed E-state index contributed by atoms with van der Waals surface area (Å²) in [4.78, 5) is 30.7. The normalized spacial score (nSPS) is 20.2. The predicted octanol–water partition coefficient (Wildman–Crippen LogP) is 2.54. The predicted molar refractivity (Wildman–Crippen MR) is 127 cm³/mol. The van der Waals surface area contributed by atoms with Crippen molar-refractivity contribution in [1.82, 2.24) is 15.5 Å². The molecule has 7 nitrogen and oxygen atoms in total. The Balaban J connectivity index is 0.00000300. The zero-order valence-corrected chi connectivity index (χ0v) is 19.8. The van der Waals surface area contributed by atoms with E-state index in [0.29, 0.717) is 25.5 Å². The van der Waals surface area contributed by atoms with Gasteiger partial charge < -0.3 is 20.9 Å². The van der Waals surface area contributed by atoms with Crippen LogP contribution in [-0.2, 0) is 9.59 Å². The van der Waals surface area contributed by atoms with Gasteiger partial charge >= 0.3 is 0 Å². The number of carbonyl (C=O) groups is 2. The van der Waals surface area contributed by atoms with Gasteiger partial charge in [-0.05, 0) is 24.5 Å². The van der Waals surface area contributed by atoms with Gasteiger partial charge in [0.25, 0.3) is 0 Å². The SMILES string of the molecule is CN=C(NCC1CC(=O)Nc2ccccc21)NCC1(C(=O)N(C)C)CCCC1.I. The second-order valence-corrected chi connectivity index (χ2v) is 8.03. The van der Waals surface area contributed by atoms with Gasteiger partial charge in [0.05, 0.1) is 5.41 Å². The molecule has 0 spiro atoms. The maximum atomic E-state index is 12.7. The molecule has 1 unspecified atom stereocenters. The average molecular weight is 513 g/mol. The lowest BCUT2D eigenvalue weighted by molar-refractivity contribution is -0.138. The van der Waals surface area contributed by atoms with Crippen molar-refractivity contribution in [2.45, 2.75) is 38.0 Å². The molecule has 1 heterocycles. The summed E-state index contributed by atoms with van der Waals surface area (Å²) in [6, 6.07) is 7.91. The first kappa shape index (κ1) is 23.4. The number of halogens is 1. The molecule has 1 atom stereocenters. The van der Waals surface area contributed by atoms with E-state index >= 15 is 0 Å². The summed E-state index contributed by atoms with van der Waals surface area (Å²) >= 11 is 0. The summed E-state index contributed by atoms with van der Waals surface area (Å²) in [6.07, 6.45) is 4.43. The lowest BCUT2D eigenvalue weighted by atomic mass is 9.84. The van der Waals surface area contributed by atoms with E-state index in [4.69, 9.17) is 0 Å². The first-order valence-electron chi connectivity index (χ1n) is 10.0. The minimum atomic E-state index is -0.349. The maximum Gasteiger partial charge on any atom is 0.230 e. The molecule has 3 N–H and O–H groups in total. The number of benzene rings is 1. The Bertz CT molecular complexity index is 759. The highest BCUT2D eigenvalue weighted by molar-refractivity contribution is 14.0. The fourth-order valence-corrected chi connectivity index (χ4v) is 4.37. The third-order valence-electron chi connectivity index (χ3n) is 5.86. The summed E-state index contributed by atoms with van der Waals surface area (Å²) in [5.41, 5.74) is 1.67. The number of nitrogens with zero attached hydrogens (tertiary/aromatic N) is 2. The molecule has 8 heteroatoms. The maximum absolute atomic E-state index is 12.7. The van der Waals surface area contributed by atoms with Gasteiger partial charge in [-0.3, -0.25) is 14.6 Å². The lowest BCUT2D eigenvalue weighted by Crippen LogP contribution is -2.49. The zero-order valence-electron chi connectivity index (χ0n) is 17.5. The van der Waals surface area contributed by atoms with Crippen LogP contribution in [0, 0.1) is 5.41 Å². The number of carbonyl (C=O) groups excluding carboxylic acids is 2. The van der Waals surface area contributed by atoms with Crippen molar-refractivity contribution in [2.24, 2.45) is 10.4 Å². The minimum Gasteiger partial charge on any atom is -0.356 e. The van der Waals surface area contributed by atoms with Crippen LogP contribution in [0.25, 0.3) is 0 Å². The van der Waals surface area contributed by atoms with Crippen molar-refractivity contribution in [2.75, 3.05) is 39.5 Å². The van der Waals surface area contributed by atoms with E-state index in [1.807, 2.05) is 32.3 Å². The Morgan fingerprint density at radius 1 is 1.24 bits per heavy atom. The molecule has 1 aromatic carbocycles. The van der Waals surface area contributed by atoms with Crippen LogP contribution in [0.15, 0.2) is 29.3 Å². The highest BCUT2D eigenvalue weighted by Gasteiger charge is 2.42. The van der Waals surface area contributed by atoms with E-state index in [-0.39, 0.29) is 47.1 Å². The van der Waals surface area contributed by atoms with Crippen molar-refractivity contribution >= 4 is 47.4 Å². The lowest BCUT2D eigenvalue weighted by Gasteiger charge is -2.32. The number of hydrogen-bond donors (Lipinski definition) is 3. The van der Waals surface area contributed by atoms with Gasteiger partial charge in [-0.1, -0.05) is 31.0 Å². The van der Waals surface area contributed by atoms with Crippen LogP contribution in [0.4, 0.5) is 5.69 Å². The number of hydrogen-bond acceptors (Lipinski definition) is 3. The summed E-state index contributed by atoms with van der Waals surface area (Å²) in [7, 11) is 5.37. The molecule has 160 valence electrons. The largest absolute Gasteiger partial charge is 0.356 e. The molecule has 1 fully saturated rings. The fraction of sp³-hybridized carbons (Fsp3) is 0.571. The van der Waals surface area contributed by atoms with Gasteiger partial charge in [-0.25, -0.2) is 0 Å². The number of guanidine groups is 1. The van der Waals surface area contributed by atoms with E-state index < -0.39 is 0 Å². The molecule has 1 saturated carbocycles. The number of rotatable bonds is 5. The van der Waals surface area contributed by atoms with Crippen molar-refractivity contribution in [3.8, 4) is 0 Å². The monoisotopic (exact) mass is 513 g/mol. The number of anilines is 1. The highest BCUT2D eigenvalue weighted by Crippen LogP contribution is 2.39. The molecule has 29 heavy (non-hydrogen) atoms. The van der Waals surface area contributed by atoms with Crippen LogP contribution in [-0.4, -0.2) is 56.9 Å². The van der Waals surface area contributed by atoms with E-state index in [2.05, 4.69) is 27.0 Å². The molecular formula is C21H32IN5O2. The highest BCUT2D eigenvalue weighted by atomic mass is 127. The Hall–Kier alpha value is -1.84. The topological polar surface area (TPSA) is 85.8 Å². The number of amides is 2. The van der Waals surface area contributed by atoms with E-state index in [0.717, 1.165) is 36.9 Å². The number of nitrogens with one attached hydrogen (secondary N) is 3. The summed E-state index contributed by atoms with van der Waals surface area (Å²) < 4.78 is 0. The van der Waals surface area contributed by atoms with Gasteiger partial charge in [-0.2, -0.15) is 0 Å². The van der Waals surface area contributed by atoms with Crippen LogP contribution in [0.5, 0.6) is 0 Å². The molecule has 1 aliphatic heterocycles. The zero-order chi connectivity index (χ0) is 20.1. The van der Waals surface area contributed by atoms with Crippen LogP contribution < -0.4 is 16.0 Å². The molecule has 1 aliphatic carbocycles. The molecular weight excluding hydrogens is 481 g/mol. The van der Waals surface area contributed by atoms with Crippen LogP contribution in [0.3, 0.4) is 0 Å². The first-order valence-corrected chi connectivity index (χ1v) is 10.0. The van der Waals surface area contributed by atoms with Crippen LogP contribution in [0.1, 0.15) is 43.6 Å². The minimum absolute atomic E-state index is 0. The van der Waals surface area contributed by atoms with Gasteiger partial charge in [0.15, 0.2) is 5.96 Å². The van der Waals surface area contributed by atoms with E-state index in [1.54, 1.807) is 11.9 Å². The molecule has 0 saturated heterocycles.